The number of fused-ring (bicyclic) bond motifs is 1. The predicted molar refractivity (Wildman–Crippen MR) is 69.0 cm³/mol. The Labute approximate surface area is 123 Å². The Morgan fingerprint density at radius 2 is 1.74 bits per heavy atom. The SMILES string of the molecule is O=S(=O)(c1[c-]cccc1)c1cc2ccccc2[nH]1.[Li+]. The summed E-state index contributed by atoms with van der Waals surface area (Å²) in [6.07, 6.45) is 0. The van der Waals surface area contributed by atoms with E-state index in [4.69, 9.17) is 0 Å². The number of hydrogen-bond donors (Lipinski definition) is 1. The molecular weight excluding hydrogens is 253 g/mol. The van der Waals surface area contributed by atoms with Gasteiger partial charge in [0.2, 0.25) is 0 Å². The molecule has 1 aromatic heterocycles. The molecule has 1 N–H and O–H groups in total. The van der Waals surface area contributed by atoms with Crippen molar-refractivity contribution in [2.75, 3.05) is 0 Å². The van der Waals surface area contributed by atoms with Gasteiger partial charge in [-0.3, -0.25) is 0 Å². The third-order valence-electron chi connectivity index (χ3n) is 2.76. The molecule has 2 aromatic carbocycles. The third kappa shape index (κ3) is 2.48. The van der Waals surface area contributed by atoms with Crippen molar-refractivity contribution < 1.29 is 27.3 Å². The van der Waals surface area contributed by atoms with Crippen LogP contribution in [0.3, 0.4) is 0 Å². The monoisotopic (exact) mass is 263 g/mol. The fourth-order valence-electron chi connectivity index (χ4n) is 1.85. The number of benzene rings is 2. The van der Waals surface area contributed by atoms with E-state index >= 15 is 0 Å². The third-order valence-corrected chi connectivity index (χ3v) is 4.40. The van der Waals surface area contributed by atoms with E-state index in [1.807, 2.05) is 24.3 Å². The van der Waals surface area contributed by atoms with Crippen molar-refractivity contribution >= 4 is 20.7 Å². The van der Waals surface area contributed by atoms with Gasteiger partial charge in [-0.2, -0.15) is 30.3 Å². The van der Waals surface area contributed by atoms with E-state index in [1.165, 1.54) is 0 Å². The summed E-state index contributed by atoms with van der Waals surface area (Å²) in [7, 11) is -3.51. The molecular formula is C14H10LiNO2S. The second-order valence-corrected chi connectivity index (χ2v) is 5.84. The molecule has 3 rings (SSSR count). The van der Waals surface area contributed by atoms with Crippen molar-refractivity contribution in [1.29, 1.82) is 0 Å². The van der Waals surface area contributed by atoms with Crippen LogP contribution >= 0.6 is 0 Å². The summed E-state index contributed by atoms with van der Waals surface area (Å²) >= 11 is 0. The van der Waals surface area contributed by atoms with E-state index in [-0.39, 0.29) is 28.8 Å². The smallest absolute Gasteiger partial charge is 0.345 e. The average Bonchev–Trinajstić information content (AvgIpc) is 2.84. The van der Waals surface area contributed by atoms with E-state index in [1.54, 1.807) is 30.3 Å². The quantitative estimate of drug-likeness (QED) is 0.514. The summed E-state index contributed by atoms with van der Waals surface area (Å²) in [6, 6.07) is 18.4. The molecule has 0 unspecified atom stereocenters. The van der Waals surface area contributed by atoms with Gasteiger partial charge in [-0.25, -0.2) is 8.42 Å². The Morgan fingerprint density at radius 1 is 1.00 bits per heavy atom. The van der Waals surface area contributed by atoms with E-state index in [0.717, 1.165) is 10.9 Å². The Balaban J connectivity index is 0.00000133. The minimum absolute atomic E-state index is 0. The van der Waals surface area contributed by atoms with E-state index in [9.17, 15) is 8.42 Å². The molecule has 3 aromatic rings. The molecule has 0 aliphatic rings. The van der Waals surface area contributed by atoms with Crippen LogP contribution in [-0.4, -0.2) is 13.4 Å². The fraction of sp³-hybridized carbons (Fsp3) is 0. The molecule has 0 atom stereocenters. The van der Waals surface area contributed by atoms with Gasteiger partial charge in [0.05, 0.1) is 0 Å². The van der Waals surface area contributed by atoms with E-state index < -0.39 is 9.84 Å². The molecule has 0 saturated carbocycles. The van der Waals surface area contributed by atoms with Crippen molar-refractivity contribution in [2.45, 2.75) is 9.92 Å². The molecule has 0 aliphatic heterocycles. The van der Waals surface area contributed by atoms with E-state index in [0.29, 0.717) is 0 Å². The largest absolute Gasteiger partial charge is 1.00 e. The number of nitrogens with one attached hydrogen (secondary N) is 1. The van der Waals surface area contributed by atoms with Crippen LogP contribution in [0.25, 0.3) is 10.9 Å². The van der Waals surface area contributed by atoms with Gasteiger partial charge in [-0.15, -0.1) is 0 Å². The summed E-state index contributed by atoms with van der Waals surface area (Å²) < 4.78 is 24.7. The normalized spacial score (nSPS) is 11.2. The Kier molecular flexibility index (Phi) is 3.86. The summed E-state index contributed by atoms with van der Waals surface area (Å²) in [5, 5.41) is 1.08. The molecule has 1 heterocycles. The number of hydrogen-bond acceptors (Lipinski definition) is 2. The van der Waals surface area contributed by atoms with Gasteiger partial charge in [0.25, 0.3) is 0 Å². The zero-order valence-electron chi connectivity index (χ0n) is 10.4. The Morgan fingerprint density at radius 3 is 2.42 bits per heavy atom. The topological polar surface area (TPSA) is 49.9 Å². The van der Waals surface area contributed by atoms with Crippen LogP contribution in [-0.2, 0) is 9.84 Å². The Bertz CT molecular complexity index is 761. The van der Waals surface area contributed by atoms with Crippen molar-refractivity contribution in [3.05, 3.63) is 60.7 Å². The maximum absolute atomic E-state index is 12.3. The van der Waals surface area contributed by atoms with Crippen LogP contribution in [0.4, 0.5) is 0 Å². The predicted octanol–water partition coefficient (Wildman–Crippen LogP) is -0.195. The van der Waals surface area contributed by atoms with Crippen molar-refractivity contribution in [3.8, 4) is 0 Å². The van der Waals surface area contributed by atoms with Crippen molar-refractivity contribution in [3.63, 3.8) is 0 Å². The first kappa shape index (κ1) is 13.9. The molecule has 5 heteroatoms. The second kappa shape index (κ2) is 5.26. The molecule has 0 fully saturated rings. The number of sulfone groups is 1. The van der Waals surface area contributed by atoms with Crippen LogP contribution in [0, 0.1) is 6.07 Å². The minimum Gasteiger partial charge on any atom is -0.345 e. The number of para-hydroxylation sites is 1. The summed E-state index contributed by atoms with van der Waals surface area (Å²) in [5.41, 5.74) is 0.812. The minimum atomic E-state index is -3.51. The number of H-pyrrole nitrogens is 1. The first-order valence-electron chi connectivity index (χ1n) is 5.47. The molecule has 90 valence electrons. The van der Waals surface area contributed by atoms with Gasteiger partial charge in [-0.1, -0.05) is 18.2 Å². The molecule has 0 bridgehead atoms. The number of rotatable bonds is 2. The molecule has 19 heavy (non-hydrogen) atoms. The van der Waals surface area contributed by atoms with Crippen LogP contribution in [0.15, 0.2) is 64.5 Å². The average molecular weight is 263 g/mol. The molecule has 0 spiro atoms. The number of aromatic nitrogens is 1. The van der Waals surface area contributed by atoms with Gasteiger partial charge in [0.15, 0.2) is 9.84 Å². The van der Waals surface area contributed by atoms with Crippen LogP contribution in [0.2, 0.25) is 0 Å². The number of aromatic amines is 1. The molecule has 0 amide bonds. The zero-order chi connectivity index (χ0) is 12.6. The van der Waals surface area contributed by atoms with Crippen LogP contribution < -0.4 is 18.9 Å². The summed E-state index contributed by atoms with van der Waals surface area (Å²) in [4.78, 5) is 3.10. The van der Waals surface area contributed by atoms with Crippen LogP contribution in [0.5, 0.6) is 0 Å². The zero-order valence-corrected chi connectivity index (χ0v) is 11.2. The molecule has 0 saturated heterocycles. The molecule has 0 aliphatic carbocycles. The van der Waals surface area contributed by atoms with Crippen molar-refractivity contribution in [2.24, 2.45) is 0 Å². The van der Waals surface area contributed by atoms with E-state index in [2.05, 4.69) is 11.1 Å². The maximum Gasteiger partial charge on any atom is 1.00 e. The first-order valence-corrected chi connectivity index (χ1v) is 6.96. The fourth-order valence-corrected chi connectivity index (χ4v) is 3.10. The van der Waals surface area contributed by atoms with Gasteiger partial charge in [-0.05, 0) is 17.0 Å². The van der Waals surface area contributed by atoms with Gasteiger partial charge in [0.1, 0.15) is 5.03 Å². The summed E-state index contributed by atoms with van der Waals surface area (Å²) in [5.74, 6) is 0. The van der Waals surface area contributed by atoms with Gasteiger partial charge < -0.3 is 4.98 Å². The first-order chi connectivity index (χ1) is 8.68. The maximum atomic E-state index is 12.3. The molecule has 0 radical (unpaired) electrons. The van der Waals surface area contributed by atoms with Gasteiger partial charge >= 0.3 is 18.9 Å². The standard InChI is InChI=1S/C14H10NO2S.Li/c16-18(17,12-7-2-1-3-8-12)14-10-11-6-4-5-9-13(11)15-14;/h1-7,9-10,15H;/q-1;+1. The Hall–Kier alpha value is -1.47. The molecule has 3 nitrogen and oxygen atoms in total. The van der Waals surface area contributed by atoms with Crippen molar-refractivity contribution in [1.82, 2.24) is 4.98 Å². The second-order valence-electron chi connectivity index (χ2n) is 3.95. The van der Waals surface area contributed by atoms with Gasteiger partial charge in [0, 0.05) is 10.9 Å². The van der Waals surface area contributed by atoms with Crippen LogP contribution in [0.1, 0.15) is 0 Å². The summed E-state index contributed by atoms with van der Waals surface area (Å²) in [6.45, 7) is 0.